The van der Waals surface area contributed by atoms with E-state index in [9.17, 15) is 0 Å². The SMILES string of the molecule is CC(Nc1ccc(CCO)cc1)c1ccn[nH]1. The van der Waals surface area contributed by atoms with Gasteiger partial charge in [-0.15, -0.1) is 0 Å². The normalized spacial score (nSPS) is 12.4. The van der Waals surface area contributed by atoms with Crippen LogP contribution in [0, 0.1) is 0 Å². The zero-order chi connectivity index (χ0) is 12.1. The number of aromatic nitrogens is 2. The molecular weight excluding hydrogens is 214 g/mol. The number of H-pyrrole nitrogens is 1. The first kappa shape index (κ1) is 11.7. The van der Waals surface area contributed by atoms with Crippen molar-refractivity contribution in [2.45, 2.75) is 19.4 Å². The van der Waals surface area contributed by atoms with Gasteiger partial charge >= 0.3 is 0 Å². The minimum absolute atomic E-state index is 0.192. The molecule has 0 bridgehead atoms. The molecule has 2 rings (SSSR count). The third-order valence-electron chi connectivity index (χ3n) is 2.73. The number of anilines is 1. The Hall–Kier alpha value is -1.81. The third-order valence-corrected chi connectivity index (χ3v) is 2.73. The van der Waals surface area contributed by atoms with E-state index in [1.165, 1.54) is 0 Å². The predicted octanol–water partition coefficient (Wildman–Crippen LogP) is 2.12. The van der Waals surface area contributed by atoms with Crippen molar-refractivity contribution in [3.8, 4) is 0 Å². The van der Waals surface area contributed by atoms with Crippen molar-refractivity contribution >= 4 is 5.69 Å². The van der Waals surface area contributed by atoms with E-state index in [2.05, 4.69) is 22.4 Å². The van der Waals surface area contributed by atoms with Crippen LogP contribution in [0.3, 0.4) is 0 Å². The Kier molecular flexibility index (Phi) is 3.77. The lowest BCUT2D eigenvalue weighted by atomic mass is 10.1. The highest BCUT2D eigenvalue weighted by Gasteiger charge is 2.05. The minimum Gasteiger partial charge on any atom is -0.396 e. The van der Waals surface area contributed by atoms with Crippen molar-refractivity contribution in [2.75, 3.05) is 11.9 Å². The number of benzene rings is 1. The van der Waals surface area contributed by atoms with Crippen LogP contribution in [0.4, 0.5) is 5.69 Å². The van der Waals surface area contributed by atoms with Crippen molar-refractivity contribution in [1.29, 1.82) is 0 Å². The molecule has 2 aromatic rings. The highest BCUT2D eigenvalue weighted by atomic mass is 16.2. The summed E-state index contributed by atoms with van der Waals surface area (Å²) < 4.78 is 0. The molecule has 0 saturated heterocycles. The molecule has 1 unspecified atom stereocenters. The first-order valence-electron chi connectivity index (χ1n) is 5.75. The largest absolute Gasteiger partial charge is 0.396 e. The molecule has 0 amide bonds. The number of hydrogen-bond donors (Lipinski definition) is 3. The number of rotatable bonds is 5. The van der Waals surface area contributed by atoms with E-state index in [1.54, 1.807) is 6.20 Å². The Labute approximate surface area is 101 Å². The van der Waals surface area contributed by atoms with Crippen LogP contribution in [0.2, 0.25) is 0 Å². The molecule has 0 aliphatic carbocycles. The number of nitrogens with one attached hydrogen (secondary N) is 2. The van der Waals surface area contributed by atoms with Gasteiger partial charge in [0.15, 0.2) is 0 Å². The summed E-state index contributed by atoms with van der Waals surface area (Å²) >= 11 is 0. The summed E-state index contributed by atoms with van der Waals surface area (Å²) in [7, 11) is 0. The molecular formula is C13H17N3O. The molecule has 4 heteroatoms. The fourth-order valence-electron chi connectivity index (χ4n) is 1.73. The van der Waals surface area contributed by atoms with Gasteiger partial charge in [0, 0.05) is 18.5 Å². The van der Waals surface area contributed by atoms with Crippen LogP contribution >= 0.6 is 0 Å². The summed E-state index contributed by atoms with van der Waals surface area (Å²) in [6.45, 7) is 2.27. The first-order valence-corrected chi connectivity index (χ1v) is 5.75. The molecule has 0 aliphatic rings. The fraction of sp³-hybridized carbons (Fsp3) is 0.308. The molecule has 1 aromatic heterocycles. The molecule has 0 saturated carbocycles. The van der Waals surface area contributed by atoms with E-state index >= 15 is 0 Å². The van der Waals surface area contributed by atoms with Gasteiger partial charge in [-0.1, -0.05) is 12.1 Å². The van der Waals surface area contributed by atoms with Crippen LogP contribution in [0.5, 0.6) is 0 Å². The van der Waals surface area contributed by atoms with Gasteiger partial charge in [-0.2, -0.15) is 5.10 Å². The lowest BCUT2D eigenvalue weighted by molar-refractivity contribution is 0.299. The molecule has 4 nitrogen and oxygen atoms in total. The van der Waals surface area contributed by atoms with Gasteiger partial charge in [-0.3, -0.25) is 5.10 Å². The summed E-state index contributed by atoms with van der Waals surface area (Å²) in [5.41, 5.74) is 3.27. The van der Waals surface area contributed by atoms with Crippen molar-refractivity contribution < 1.29 is 5.11 Å². The van der Waals surface area contributed by atoms with E-state index in [0.717, 1.165) is 16.9 Å². The average molecular weight is 231 g/mol. The highest BCUT2D eigenvalue weighted by Crippen LogP contribution is 2.17. The molecule has 1 heterocycles. The Morgan fingerprint density at radius 2 is 2.06 bits per heavy atom. The highest BCUT2D eigenvalue weighted by molar-refractivity contribution is 5.46. The molecule has 17 heavy (non-hydrogen) atoms. The standard InChI is InChI=1S/C13H17N3O/c1-10(13-6-8-14-16-13)15-12-4-2-11(3-5-12)7-9-17/h2-6,8,10,15,17H,7,9H2,1H3,(H,14,16). The monoisotopic (exact) mass is 231 g/mol. The summed E-state index contributed by atoms with van der Waals surface area (Å²) in [5.74, 6) is 0. The second kappa shape index (κ2) is 5.50. The van der Waals surface area contributed by atoms with Crippen LogP contribution in [-0.2, 0) is 6.42 Å². The summed E-state index contributed by atoms with van der Waals surface area (Å²) in [5, 5.41) is 19.1. The molecule has 0 fully saturated rings. The minimum atomic E-state index is 0.192. The molecule has 0 spiro atoms. The summed E-state index contributed by atoms with van der Waals surface area (Å²) in [6, 6.07) is 10.3. The molecule has 1 atom stereocenters. The summed E-state index contributed by atoms with van der Waals surface area (Å²) in [4.78, 5) is 0. The molecule has 3 N–H and O–H groups in total. The lowest BCUT2D eigenvalue weighted by Crippen LogP contribution is -2.07. The molecule has 1 aromatic carbocycles. The number of aliphatic hydroxyl groups excluding tert-OH is 1. The molecule has 0 aliphatic heterocycles. The van der Waals surface area contributed by atoms with Gasteiger partial charge in [-0.05, 0) is 37.1 Å². The van der Waals surface area contributed by atoms with Crippen LogP contribution in [0.25, 0.3) is 0 Å². The van der Waals surface area contributed by atoms with Crippen LogP contribution in [0.1, 0.15) is 24.2 Å². The van der Waals surface area contributed by atoms with Crippen molar-refractivity contribution in [3.63, 3.8) is 0 Å². The fourth-order valence-corrected chi connectivity index (χ4v) is 1.73. The van der Waals surface area contributed by atoms with Crippen LogP contribution < -0.4 is 5.32 Å². The Morgan fingerprint density at radius 1 is 1.29 bits per heavy atom. The smallest absolute Gasteiger partial charge is 0.0651 e. The zero-order valence-electron chi connectivity index (χ0n) is 9.85. The van der Waals surface area contributed by atoms with E-state index in [0.29, 0.717) is 6.42 Å². The van der Waals surface area contributed by atoms with E-state index in [1.807, 2.05) is 30.3 Å². The van der Waals surface area contributed by atoms with Gasteiger partial charge in [-0.25, -0.2) is 0 Å². The zero-order valence-corrected chi connectivity index (χ0v) is 9.85. The number of aliphatic hydroxyl groups is 1. The maximum atomic E-state index is 8.83. The topological polar surface area (TPSA) is 60.9 Å². The third kappa shape index (κ3) is 3.07. The van der Waals surface area contributed by atoms with Crippen molar-refractivity contribution in [3.05, 3.63) is 47.8 Å². The second-order valence-corrected chi connectivity index (χ2v) is 4.05. The van der Waals surface area contributed by atoms with Crippen LogP contribution in [-0.4, -0.2) is 21.9 Å². The van der Waals surface area contributed by atoms with Gasteiger partial charge in [0.1, 0.15) is 0 Å². The number of aromatic amines is 1. The Balaban J connectivity index is 1.99. The van der Waals surface area contributed by atoms with Crippen molar-refractivity contribution in [2.24, 2.45) is 0 Å². The van der Waals surface area contributed by atoms with E-state index in [4.69, 9.17) is 5.11 Å². The van der Waals surface area contributed by atoms with Crippen LogP contribution in [0.15, 0.2) is 36.5 Å². The predicted molar refractivity (Wildman–Crippen MR) is 67.9 cm³/mol. The van der Waals surface area contributed by atoms with Gasteiger partial charge in [0.2, 0.25) is 0 Å². The number of hydrogen-bond acceptors (Lipinski definition) is 3. The molecule has 0 radical (unpaired) electrons. The van der Waals surface area contributed by atoms with Gasteiger partial charge in [0.25, 0.3) is 0 Å². The van der Waals surface area contributed by atoms with Crippen molar-refractivity contribution in [1.82, 2.24) is 10.2 Å². The van der Waals surface area contributed by atoms with E-state index < -0.39 is 0 Å². The maximum Gasteiger partial charge on any atom is 0.0651 e. The first-order chi connectivity index (χ1) is 8.29. The Morgan fingerprint density at radius 3 is 2.65 bits per heavy atom. The van der Waals surface area contributed by atoms with Gasteiger partial charge < -0.3 is 10.4 Å². The molecule has 90 valence electrons. The second-order valence-electron chi connectivity index (χ2n) is 4.05. The van der Waals surface area contributed by atoms with E-state index in [-0.39, 0.29) is 12.6 Å². The van der Waals surface area contributed by atoms with Gasteiger partial charge in [0.05, 0.1) is 11.7 Å². The average Bonchev–Trinajstić information content (AvgIpc) is 2.86. The maximum absolute atomic E-state index is 8.83. The Bertz CT molecular complexity index is 436. The summed E-state index contributed by atoms with van der Waals surface area (Å²) in [6.07, 6.45) is 2.45. The quantitative estimate of drug-likeness (QED) is 0.738. The number of nitrogens with zero attached hydrogens (tertiary/aromatic N) is 1. The lowest BCUT2D eigenvalue weighted by Gasteiger charge is -2.13.